The highest BCUT2D eigenvalue weighted by atomic mass is 16.6. The van der Waals surface area contributed by atoms with Crippen molar-refractivity contribution in [1.29, 1.82) is 0 Å². The van der Waals surface area contributed by atoms with Crippen molar-refractivity contribution in [3.05, 3.63) is 141 Å². The van der Waals surface area contributed by atoms with Crippen molar-refractivity contribution in [2.24, 2.45) is 0 Å². The van der Waals surface area contributed by atoms with Crippen molar-refractivity contribution in [2.45, 2.75) is 41.5 Å². The van der Waals surface area contributed by atoms with Crippen molar-refractivity contribution in [2.75, 3.05) is 0 Å². The van der Waals surface area contributed by atoms with Crippen molar-refractivity contribution in [1.82, 2.24) is 0 Å². The van der Waals surface area contributed by atoms with Gasteiger partial charge in [-0.1, -0.05) is 71.8 Å². The molecule has 0 atom stereocenters. The van der Waals surface area contributed by atoms with E-state index in [0.717, 1.165) is 44.5 Å². The molecule has 4 aromatic rings. The van der Waals surface area contributed by atoms with Crippen LogP contribution < -0.4 is 0 Å². The van der Waals surface area contributed by atoms with E-state index in [1.807, 2.05) is 77.9 Å². The van der Waals surface area contributed by atoms with Gasteiger partial charge in [0.25, 0.3) is 0 Å². The molecule has 4 rings (SSSR count). The molecule has 4 nitrogen and oxygen atoms in total. The zero-order chi connectivity index (χ0) is 27.4. The highest BCUT2D eigenvalue weighted by Gasteiger charge is 2.27. The monoisotopic (exact) mass is 504 g/mol. The van der Waals surface area contributed by atoms with Crippen LogP contribution in [0.4, 0.5) is 0 Å². The fourth-order valence-electron chi connectivity index (χ4n) is 4.95. The van der Waals surface area contributed by atoms with Gasteiger partial charge in [-0.2, -0.15) is 0 Å². The second-order valence-electron chi connectivity index (χ2n) is 9.72. The lowest BCUT2D eigenvalue weighted by molar-refractivity contribution is 0.0646. The summed E-state index contributed by atoms with van der Waals surface area (Å²) in [5, 5.41) is 0. The summed E-state index contributed by atoms with van der Waals surface area (Å²) in [6.45, 7) is 11.9. The number of hydrogen-bond donors (Lipinski definition) is 0. The molecule has 0 amide bonds. The van der Waals surface area contributed by atoms with Crippen LogP contribution in [0.15, 0.2) is 84.9 Å². The van der Waals surface area contributed by atoms with Gasteiger partial charge >= 0.3 is 11.9 Å². The zero-order valence-corrected chi connectivity index (χ0v) is 22.7. The highest BCUT2D eigenvalue weighted by molar-refractivity contribution is 6.02. The number of hydrogen-bond acceptors (Lipinski definition) is 4. The summed E-state index contributed by atoms with van der Waals surface area (Å²) in [6.07, 6.45) is 0. The molecule has 0 fully saturated rings. The summed E-state index contributed by atoms with van der Waals surface area (Å²) in [7, 11) is 0. The Morgan fingerprint density at radius 1 is 0.474 bits per heavy atom. The molecule has 4 aromatic carbocycles. The van der Waals surface area contributed by atoms with E-state index in [-0.39, 0.29) is 11.5 Å². The Morgan fingerprint density at radius 2 is 0.763 bits per heavy atom. The maximum atomic E-state index is 13.4. The Bertz CT molecular complexity index is 1370. The fourth-order valence-corrected chi connectivity index (χ4v) is 4.95. The fraction of sp³-hybridized carbons (Fsp3) is 0.176. The van der Waals surface area contributed by atoms with E-state index < -0.39 is 11.9 Å². The summed E-state index contributed by atoms with van der Waals surface area (Å²) in [4.78, 5) is 26.9. The molecule has 0 unspecified atom stereocenters. The number of rotatable bonds is 6. The number of carbonyl (C=O) groups excluding carboxylic acids is 2. The maximum Gasteiger partial charge on any atom is 0.343 e. The van der Waals surface area contributed by atoms with Gasteiger partial charge in [-0.15, -0.1) is 0 Å². The van der Waals surface area contributed by atoms with Crippen molar-refractivity contribution in [3.63, 3.8) is 0 Å². The van der Waals surface area contributed by atoms with Crippen LogP contribution in [0, 0.1) is 41.5 Å². The molecule has 38 heavy (non-hydrogen) atoms. The molecule has 0 aliphatic rings. The van der Waals surface area contributed by atoms with Gasteiger partial charge in [0.2, 0.25) is 0 Å². The van der Waals surface area contributed by atoms with Crippen LogP contribution in [-0.2, 0) is 9.47 Å². The largest absolute Gasteiger partial charge is 0.418 e. The van der Waals surface area contributed by atoms with E-state index in [4.69, 9.17) is 9.47 Å². The second-order valence-corrected chi connectivity index (χ2v) is 9.72. The normalized spacial score (nSPS) is 11.5. The van der Waals surface area contributed by atoms with Crippen molar-refractivity contribution in [3.8, 4) is 0 Å². The number of aryl methyl sites for hydroxylation is 6. The SMILES string of the molecule is Cc1cc(C)c(C(OC(=O)c2ccccc2)=C(OC(=O)c2ccccc2)c2c(C)cc(C)cc2C)c(C)c1. The summed E-state index contributed by atoms with van der Waals surface area (Å²) < 4.78 is 12.4. The van der Waals surface area contributed by atoms with Gasteiger partial charge in [-0.3, -0.25) is 0 Å². The summed E-state index contributed by atoms with van der Waals surface area (Å²) >= 11 is 0. The Labute approximate surface area is 224 Å². The van der Waals surface area contributed by atoms with E-state index in [0.29, 0.717) is 11.1 Å². The van der Waals surface area contributed by atoms with Crippen LogP contribution in [0.5, 0.6) is 0 Å². The minimum atomic E-state index is -0.532. The standard InChI is InChI=1S/C34H32O4/c1-21-17-23(3)29(24(4)18-21)31(37-33(35)27-13-9-7-10-14-27)32(30-25(5)19-22(2)20-26(30)6)38-34(36)28-15-11-8-12-16-28/h7-20H,1-6H3. The number of benzene rings is 4. The van der Waals surface area contributed by atoms with Gasteiger partial charge in [0.05, 0.1) is 11.1 Å². The minimum absolute atomic E-state index is 0.216. The molecule has 0 saturated carbocycles. The first-order chi connectivity index (χ1) is 18.2. The highest BCUT2D eigenvalue weighted by Crippen LogP contribution is 2.37. The lowest BCUT2D eigenvalue weighted by Crippen LogP contribution is -2.14. The lowest BCUT2D eigenvalue weighted by atomic mass is 9.93. The number of ether oxygens (including phenoxy) is 2. The van der Waals surface area contributed by atoms with E-state index >= 15 is 0 Å². The summed E-state index contributed by atoms with van der Waals surface area (Å²) in [6, 6.07) is 25.8. The van der Waals surface area contributed by atoms with E-state index in [1.54, 1.807) is 48.5 Å². The molecule has 0 heterocycles. The first kappa shape index (κ1) is 26.6. The maximum absolute atomic E-state index is 13.4. The summed E-state index contributed by atoms with van der Waals surface area (Å²) in [5.41, 5.74) is 8.06. The van der Waals surface area contributed by atoms with Gasteiger partial charge in [0.1, 0.15) is 0 Å². The summed E-state index contributed by atoms with van der Waals surface area (Å²) in [5.74, 6) is -0.632. The Morgan fingerprint density at radius 3 is 1.05 bits per heavy atom. The van der Waals surface area contributed by atoms with Crippen LogP contribution >= 0.6 is 0 Å². The molecule has 0 saturated heterocycles. The van der Waals surface area contributed by atoms with Gasteiger partial charge in [-0.05, 0) is 88.1 Å². The van der Waals surface area contributed by atoms with E-state index in [9.17, 15) is 9.59 Å². The molecule has 0 aromatic heterocycles. The van der Waals surface area contributed by atoms with Crippen molar-refractivity contribution >= 4 is 23.5 Å². The third kappa shape index (κ3) is 5.76. The van der Waals surface area contributed by atoms with Crippen molar-refractivity contribution < 1.29 is 19.1 Å². The lowest BCUT2D eigenvalue weighted by Gasteiger charge is -2.22. The third-order valence-corrected chi connectivity index (χ3v) is 6.42. The van der Waals surface area contributed by atoms with E-state index in [2.05, 4.69) is 0 Å². The molecule has 0 aliphatic heterocycles. The van der Waals surface area contributed by atoms with Crippen LogP contribution in [0.1, 0.15) is 65.2 Å². The molecule has 0 aliphatic carbocycles. The Balaban J connectivity index is 2.03. The van der Waals surface area contributed by atoms with Crippen LogP contribution in [-0.4, -0.2) is 11.9 Å². The first-order valence-corrected chi connectivity index (χ1v) is 12.6. The molecular weight excluding hydrogens is 472 g/mol. The molecule has 0 spiro atoms. The molecular formula is C34H32O4. The second kappa shape index (κ2) is 11.3. The molecule has 192 valence electrons. The molecule has 0 radical (unpaired) electrons. The smallest absolute Gasteiger partial charge is 0.343 e. The first-order valence-electron chi connectivity index (χ1n) is 12.6. The van der Waals surface area contributed by atoms with Gasteiger partial charge in [0.15, 0.2) is 11.5 Å². The van der Waals surface area contributed by atoms with E-state index in [1.165, 1.54) is 0 Å². The Hall–Kier alpha value is -4.44. The van der Waals surface area contributed by atoms with Crippen LogP contribution in [0.3, 0.4) is 0 Å². The quantitative estimate of drug-likeness (QED) is 0.151. The average Bonchev–Trinajstić information content (AvgIpc) is 2.87. The minimum Gasteiger partial charge on any atom is -0.418 e. The third-order valence-electron chi connectivity index (χ3n) is 6.42. The van der Waals surface area contributed by atoms with Gasteiger partial charge < -0.3 is 9.47 Å². The van der Waals surface area contributed by atoms with Gasteiger partial charge in [-0.25, -0.2) is 9.59 Å². The predicted molar refractivity (Wildman–Crippen MR) is 152 cm³/mol. The van der Waals surface area contributed by atoms with Crippen LogP contribution in [0.25, 0.3) is 11.5 Å². The van der Waals surface area contributed by atoms with Crippen LogP contribution in [0.2, 0.25) is 0 Å². The Kier molecular flexibility index (Phi) is 7.92. The topological polar surface area (TPSA) is 52.6 Å². The predicted octanol–water partition coefficient (Wildman–Crippen LogP) is 8.08. The molecule has 0 bridgehead atoms. The number of esters is 2. The molecule has 4 heteroatoms. The van der Waals surface area contributed by atoms with Gasteiger partial charge in [0, 0.05) is 11.1 Å². The zero-order valence-electron chi connectivity index (χ0n) is 22.7. The number of carbonyl (C=O) groups is 2. The average molecular weight is 505 g/mol. The molecule has 0 N–H and O–H groups in total.